The maximum absolute atomic E-state index is 12.6. The van der Waals surface area contributed by atoms with E-state index in [9.17, 15) is 4.79 Å². The lowest BCUT2D eigenvalue weighted by Crippen LogP contribution is -2.40. The van der Waals surface area contributed by atoms with E-state index in [0.29, 0.717) is 17.2 Å². The third-order valence-corrected chi connectivity index (χ3v) is 4.38. The first kappa shape index (κ1) is 17.7. The Kier molecular flexibility index (Phi) is 5.96. The Morgan fingerprint density at radius 2 is 2.17 bits per heavy atom. The van der Waals surface area contributed by atoms with Gasteiger partial charge in [0.25, 0.3) is 11.6 Å². The van der Waals surface area contributed by atoms with Crippen LogP contribution >= 0.6 is 12.4 Å². The molecule has 0 aromatic carbocycles. The monoisotopic (exact) mass is 338 g/mol. The molecule has 7 heteroatoms. The predicted octanol–water partition coefficient (Wildman–Crippen LogP) is 2.28. The molecule has 1 saturated heterocycles. The van der Waals surface area contributed by atoms with Gasteiger partial charge in [-0.2, -0.15) is 0 Å². The van der Waals surface area contributed by atoms with Crippen LogP contribution in [-0.4, -0.2) is 47.6 Å². The van der Waals surface area contributed by atoms with Crippen molar-refractivity contribution in [3.8, 4) is 0 Å². The van der Waals surface area contributed by atoms with Crippen LogP contribution in [0.25, 0.3) is 11.1 Å². The van der Waals surface area contributed by atoms with Crippen LogP contribution in [0.4, 0.5) is 0 Å². The van der Waals surface area contributed by atoms with E-state index in [1.165, 1.54) is 0 Å². The SMILES string of the molecule is CCc1noc2ncc(C(=O)N3CCC(CNC)CC3)cc12.Cl. The number of hydrogen-bond acceptors (Lipinski definition) is 5. The summed E-state index contributed by atoms with van der Waals surface area (Å²) in [7, 11) is 1.97. The van der Waals surface area contributed by atoms with Gasteiger partial charge in [-0.05, 0) is 44.8 Å². The number of amides is 1. The number of aromatic nitrogens is 2. The van der Waals surface area contributed by atoms with Crippen LogP contribution in [0.2, 0.25) is 0 Å². The van der Waals surface area contributed by atoms with Crippen LogP contribution in [0.1, 0.15) is 35.8 Å². The van der Waals surface area contributed by atoms with Crippen LogP contribution in [0.5, 0.6) is 0 Å². The van der Waals surface area contributed by atoms with Crippen LogP contribution in [0.3, 0.4) is 0 Å². The Balaban J connectivity index is 0.00000192. The number of nitrogens with one attached hydrogen (secondary N) is 1. The lowest BCUT2D eigenvalue weighted by atomic mass is 9.96. The largest absolute Gasteiger partial charge is 0.339 e. The molecular weight excluding hydrogens is 316 g/mol. The van der Waals surface area contributed by atoms with Gasteiger partial charge in [-0.1, -0.05) is 12.1 Å². The lowest BCUT2D eigenvalue weighted by Gasteiger charge is -2.31. The van der Waals surface area contributed by atoms with Crippen molar-refractivity contribution in [2.45, 2.75) is 26.2 Å². The lowest BCUT2D eigenvalue weighted by molar-refractivity contribution is 0.0690. The third-order valence-electron chi connectivity index (χ3n) is 4.38. The van der Waals surface area contributed by atoms with E-state index in [-0.39, 0.29) is 18.3 Å². The van der Waals surface area contributed by atoms with Gasteiger partial charge >= 0.3 is 0 Å². The van der Waals surface area contributed by atoms with Gasteiger partial charge < -0.3 is 14.7 Å². The van der Waals surface area contributed by atoms with Crippen molar-refractivity contribution in [1.82, 2.24) is 20.4 Å². The maximum atomic E-state index is 12.6. The molecule has 0 spiro atoms. The molecule has 6 nitrogen and oxygen atoms in total. The normalized spacial score (nSPS) is 15.7. The van der Waals surface area contributed by atoms with E-state index in [1.54, 1.807) is 6.20 Å². The fraction of sp³-hybridized carbons (Fsp3) is 0.562. The zero-order chi connectivity index (χ0) is 15.5. The van der Waals surface area contributed by atoms with E-state index < -0.39 is 0 Å². The van der Waals surface area contributed by atoms with E-state index in [2.05, 4.69) is 15.5 Å². The number of pyridine rings is 1. The summed E-state index contributed by atoms with van der Waals surface area (Å²) >= 11 is 0. The minimum atomic E-state index is 0. The number of hydrogen-bond donors (Lipinski definition) is 1. The van der Waals surface area contributed by atoms with E-state index in [4.69, 9.17) is 4.52 Å². The van der Waals surface area contributed by atoms with Gasteiger partial charge in [-0.3, -0.25) is 4.79 Å². The second kappa shape index (κ2) is 7.75. The van der Waals surface area contributed by atoms with Gasteiger partial charge in [-0.15, -0.1) is 12.4 Å². The number of nitrogens with zero attached hydrogens (tertiary/aromatic N) is 3. The van der Waals surface area contributed by atoms with E-state index in [1.807, 2.05) is 24.9 Å². The highest BCUT2D eigenvalue weighted by molar-refractivity contribution is 5.97. The third kappa shape index (κ3) is 3.64. The summed E-state index contributed by atoms with van der Waals surface area (Å²) in [5, 5.41) is 8.05. The van der Waals surface area contributed by atoms with Crippen molar-refractivity contribution in [3.63, 3.8) is 0 Å². The van der Waals surface area contributed by atoms with E-state index >= 15 is 0 Å². The Bertz CT molecular complexity index is 665. The van der Waals surface area contributed by atoms with Crippen LogP contribution in [-0.2, 0) is 6.42 Å². The molecule has 0 bridgehead atoms. The molecule has 0 saturated carbocycles. The van der Waals surface area contributed by atoms with Crippen LogP contribution in [0.15, 0.2) is 16.8 Å². The molecule has 1 N–H and O–H groups in total. The number of carbonyl (C=O) groups excluding carboxylic acids is 1. The molecule has 0 unspecified atom stereocenters. The molecule has 1 amide bonds. The summed E-state index contributed by atoms with van der Waals surface area (Å²) in [6, 6.07) is 1.86. The summed E-state index contributed by atoms with van der Waals surface area (Å²) in [6.07, 6.45) is 4.46. The minimum absolute atomic E-state index is 0. The number of halogens is 1. The maximum Gasteiger partial charge on any atom is 0.257 e. The number of aryl methyl sites for hydroxylation is 1. The molecular formula is C16H23ClN4O2. The number of rotatable bonds is 4. The van der Waals surface area contributed by atoms with Crippen molar-refractivity contribution < 1.29 is 9.32 Å². The molecule has 0 aliphatic carbocycles. The first-order chi connectivity index (χ1) is 10.7. The number of likely N-dealkylation sites (tertiary alicyclic amines) is 1. The average Bonchev–Trinajstić information content (AvgIpc) is 2.97. The number of fused-ring (bicyclic) bond motifs is 1. The molecule has 3 heterocycles. The zero-order valence-corrected chi connectivity index (χ0v) is 14.4. The Morgan fingerprint density at radius 3 is 2.83 bits per heavy atom. The fourth-order valence-corrected chi connectivity index (χ4v) is 3.06. The molecule has 23 heavy (non-hydrogen) atoms. The topological polar surface area (TPSA) is 71.3 Å². The molecule has 3 rings (SSSR count). The molecule has 2 aromatic rings. The van der Waals surface area contributed by atoms with Crippen LogP contribution in [0, 0.1) is 5.92 Å². The molecule has 126 valence electrons. The quantitative estimate of drug-likeness (QED) is 0.926. The van der Waals surface area contributed by atoms with Gasteiger partial charge in [0.2, 0.25) is 0 Å². The highest BCUT2D eigenvalue weighted by Gasteiger charge is 2.24. The number of piperidine rings is 1. The summed E-state index contributed by atoms with van der Waals surface area (Å²) in [5.41, 5.74) is 1.98. The van der Waals surface area contributed by atoms with Gasteiger partial charge in [0, 0.05) is 19.3 Å². The molecule has 1 aliphatic rings. The Hall–Kier alpha value is -1.66. The summed E-state index contributed by atoms with van der Waals surface area (Å²) in [4.78, 5) is 18.8. The molecule has 1 aliphatic heterocycles. The molecule has 1 fully saturated rings. The Labute approximate surface area is 142 Å². The van der Waals surface area contributed by atoms with E-state index in [0.717, 1.165) is 50.0 Å². The van der Waals surface area contributed by atoms with Crippen molar-refractivity contribution >= 4 is 29.4 Å². The standard InChI is InChI=1S/C16H22N4O2.ClH/c1-3-14-13-8-12(10-18-15(13)22-19-14)16(21)20-6-4-11(5-7-20)9-17-2;/h8,10-11,17H,3-7,9H2,1-2H3;1H. The smallest absolute Gasteiger partial charge is 0.257 e. The second-order valence-electron chi connectivity index (χ2n) is 5.85. The van der Waals surface area contributed by atoms with Gasteiger partial charge in [0.05, 0.1) is 16.6 Å². The summed E-state index contributed by atoms with van der Waals surface area (Å²) in [5.74, 6) is 0.722. The molecule has 2 aromatic heterocycles. The second-order valence-corrected chi connectivity index (χ2v) is 5.85. The van der Waals surface area contributed by atoms with Crippen molar-refractivity contribution in [2.75, 3.05) is 26.7 Å². The highest BCUT2D eigenvalue weighted by atomic mass is 35.5. The van der Waals surface area contributed by atoms with Crippen molar-refractivity contribution in [3.05, 3.63) is 23.5 Å². The van der Waals surface area contributed by atoms with Crippen molar-refractivity contribution in [2.24, 2.45) is 5.92 Å². The number of carbonyl (C=O) groups is 1. The zero-order valence-electron chi connectivity index (χ0n) is 13.5. The molecule has 0 radical (unpaired) electrons. The average molecular weight is 339 g/mol. The highest BCUT2D eigenvalue weighted by Crippen LogP contribution is 2.21. The van der Waals surface area contributed by atoms with Crippen molar-refractivity contribution in [1.29, 1.82) is 0 Å². The predicted molar refractivity (Wildman–Crippen MR) is 91.0 cm³/mol. The first-order valence-electron chi connectivity index (χ1n) is 7.91. The first-order valence-corrected chi connectivity index (χ1v) is 7.91. The van der Waals surface area contributed by atoms with Gasteiger partial charge in [0.15, 0.2) is 0 Å². The fourth-order valence-electron chi connectivity index (χ4n) is 3.06. The summed E-state index contributed by atoms with van der Waals surface area (Å²) in [6.45, 7) is 4.66. The minimum Gasteiger partial charge on any atom is -0.339 e. The van der Waals surface area contributed by atoms with Crippen LogP contribution < -0.4 is 5.32 Å². The Morgan fingerprint density at radius 1 is 1.43 bits per heavy atom. The van der Waals surface area contributed by atoms with Gasteiger partial charge in [0.1, 0.15) is 0 Å². The van der Waals surface area contributed by atoms with Gasteiger partial charge in [-0.25, -0.2) is 4.98 Å². The summed E-state index contributed by atoms with van der Waals surface area (Å²) < 4.78 is 5.17. The molecule has 0 atom stereocenters.